The van der Waals surface area contributed by atoms with Gasteiger partial charge < -0.3 is 15.2 Å². The van der Waals surface area contributed by atoms with Gasteiger partial charge in [-0.15, -0.1) is 0 Å². The van der Waals surface area contributed by atoms with E-state index in [0.717, 1.165) is 6.42 Å². The Morgan fingerprint density at radius 3 is 2.48 bits per heavy atom. The number of rotatable bonds is 5. The van der Waals surface area contributed by atoms with Crippen molar-refractivity contribution >= 4 is 17.6 Å². The Hall–Kier alpha value is -2.81. The number of allylic oxidation sites excluding steroid dienone is 2. The molecule has 2 bridgehead atoms. The number of benzene rings is 1. The number of carbonyl (C=O) groups is 2. The first-order chi connectivity index (χ1) is 11.1. The highest BCUT2D eigenvalue weighted by atomic mass is 16.5. The van der Waals surface area contributed by atoms with Crippen LogP contribution in [0.4, 0.5) is 5.69 Å². The summed E-state index contributed by atoms with van der Waals surface area (Å²) in [5, 5.41) is 20.6. The molecule has 0 saturated heterocycles. The number of nitrogens with one attached hydrogen (secondary N) is 1. The second-order valence-electron chi connectivity index (χ2n) is 5.80. The van der Waals surface area contributed by atoms with Gasteiger partial charge in [0.05, 0.1) is 11.8 Å². The van der Waals surface area contributed by atoms with Gasteiger partial charge in [-0.1, -0.05) is 12.2 Å². The van der Waals surface area contributed by atoms with Crippen LogP contribution >= 0.6 is 0 Å². The molecule has 2 aliphatic rings. The van der Waals surface area contributed by atoms with Crippen LogP contribution in [0.15, 0.2) is 36.4 Å². The van der Waals surface area contributed by atoms with Crippen molar-refractivity contribution in [2.75, 3.05) is 11.9 Å². The molecule has 23 heavy (non-hydrogen) atoms. The number of amides is 1. The quantitative estimate of drug-likeness (QED) is 0.811. The topological polar surface area (TPSA) is 99.4 Å². The van der Waals surface area contributed by atoms with Crippen LogP contribution in [0.5, 0.6) is 5.75 Å². The summed E-state index contributed by atoms with van der Waals surface area (Å²) in [6, 6.07) is 8.53. The Kier molecular flexibility index (Phi) is 4.02. The third kappa shape index (κ3) is 2.90. The molecule has 2 aliphatic carbocycles. The largest absolute Gasteiger partial charge is 0.481 e. The maximum Gasteiger partial charge on any atom is 0.307 e. The summed E-state index contributed by atoms with van der Waals surface area (Å²) in [5.41, 5.74) is 0.579. The lowest BCUT2D eigenvalue weighted by molar-refractivity contribution is -0.146. The summed E-state index contributed by atoms with van der Waals surface area (Å²) in [6.45, 7) is -0.0382. The van der Waals surface area contributed by atoms with Crippen molar-refractivity contribution in [3.8, 4) is 11.8 Å². The maximum atomic E-state index is 12.5. The molecule has 1 aromatic rings. The normalized spacial score (nSPS) is 27.4. The van der Waals surface area contributed by atoms with E-state index >= 15 is 0 Å². The highest BCUT2D eigenvalue weighted by molar-refractivity contribution is 5.96. The molecule has 0 unspecified atom stereocenters. The molecule has 1 amide bonds. The molecular formula is C17H16N2O4. The van der Waals surface area contributed by atoms with Crippen LogP contribution in [-0.2, 0) is 9.59 Å². The van der Waals surface area contributed by atoms with Gasteiger partial charge in [-0.05, 0) is 42.5 Å². The summed E-state index contributed by atoms with van der Waals surface area (Å²) in [4.78, 5) is 23.9. The summed E-state index contributed by atoms with van der Waals surface area (Å²) in [6.07, 6.45) is 4.59. The average molecular weight is 312 g/mol. The molecule has 118 valence electrons. The van der Waals surface area contributed by atoms with Crippen LogP contribution in [-0.4, -0.2) is 23.6 Å². The van der Waals surface area contributed by atoms with Crippen LogP contribution in [0.2, 0.25) is 0 Å². The molecule has 2 N–H and O–H groups in total. The Balaban J connectivity index is 1.68. The molecule has 3 rings (SSSR count). The predicted octanol–water partition coefficient (Wildman–Crippen LogP) is 2.05. The molecule has 0 radical (unpaired) electrons. The molecule has 1 saturated carbocycles. The smallest absolute Gasteiger partial charge is 0.307 e. The van der Waals surface area contributed by atoms with Crippen molar-refractivity contribution in [3.05, 3.63) is 36.4 Å². The number of hydrogen-bond donors (Lipinski definition) is 2. The molecule has 1 aromatic carbocycles. The minimum atomic E-state index is -0.915. The van der Waals surface area contributed by atoms with Gasteiger partial charge in [0.2, 0.25) is 5.91 Å². The molecule has 6 heteroatoms. The predicted molar refractivity (Wildman–Crippen MR) is 81.5 cm³/mol. The molecule has 0 aromatic heterocycles. The van der Waals surface area contributed by atoms with E-state index in [0.29, 0.717) is 11.4 Å². The van der Waals surface area contributed by atoms with E-state index in [4.69, 9.17) is 10.00 Å². The number of nitrogens with zero attached hydrogens (tertiary/aromatic N) is 1. The first-order valence-corrected chi connectivity index (χ1v) is 7.42. The molecule has 6 nitrogen and oxygen atoms in total. The number of anilines is 1. The second kappa shape index (κ2) is 6.13. The average Bonchev–Trinajstić information content (AvgIpc) is 3.15. The van der Waals surface area contributed by atoms with Crippen molar-refractivity contribution in [2.45, 2.75) is 6.42 Å². The zero-order valence-corrected chi connectivity index (χ0v) is 12.3. The van der Waals surface area contributed by atoms with Crippen molar-refractivity contribution in [3.63, 3.8) is 0 Å². The van der Waals surface area contributed by atoms with Crippen molar-refractivity contribution < 1.29 is 19.4 Å². The van der Waals surface area contributed by atoms with Gasteiger partial charge in [0.15, 0.2) is 6.61 Å². The van der Waals surface area contributed by atoms with E-state index in [2.05, 4.69) is 5.32 Å². The lowest BCUT2D eigenvalue weighted by atomic mass is 9.82. The number of carboxylic acid groups (broad SMARTS) is 1. The van der Waals surface area contributed by atoms with Crippen molar-refractivity contribution in [2.24, 2.45) is 23.7 Å². The Bertz CT molecular complexity index is 690. The fourth-order valence-electron chi connectivity index (χ4n) is 3.49. The van der Waals surface area contributed by atoms with Crippen LogP contribution in [0.1, 0.15) is 6.42 Å². The van der Waals surface area contributed by atoms with Crippen LogP contribution < -0.4 is 10.1 Å². The first kappa shape index (κ1) is 15.1. The van der Waals surface area contributed by atoms with Gasteiger partial charge in [0, 0.05) is 5.69 Å². The van der Waals surface area contributed by atoms with Gasteiger partial charge in [-0.25, -0.2) is 0 Å². The zero-order valence-electron chi connectivity index (χ0n) is 12.3. The lowest BCUT2D eigenvalue weighted by Crippen LogP contribution is -2.36. The third-order valence-electron chi connectivity index (χ3n) is 4.47. The summed E-state index contributed by atoms with van der Waals surface area (Å²) < 4.78 is 5.14. The minimum Gasteiger partial charge on any atom is -0.481 e. The number of nitriles is 1. The first-order valence-electron chi connectivity index (χ1n) is 7.42. The SMILES string of the molecule is N#CCOc1ccc(NC(=O)[C@@H]2[C@H](C(=O)O)[C@H]3C=C[C@H]2C3)cc1. The Labute approximate surface area is 133 Å². The van der Waals surface area contributed by atoms with E-state index in [-0.39, 0.29) is 24.3 Å². The van der Waals surface area contributed by atoms with Gasteiger partial charge in [-0.3, -0.25) is 9.59 Å². The summed E-state index contributed by atoms with van der Waals surface area (Å²) in [5.74, 6) is -1.87. The molecular weight excluding hydrogens is 296 g/mol. The van der Waals surface area contributed by atoms with Crippen LogP contribution in [0.25, 0.3) is 0 Å². The minimum absolute atomic E-state index is 0.000616. The summed E-state index contributed by atoms with van der Waals surface area (Å²) in [7, 11) is 0. The highest BCUT2D eigenvalue weighted by Crippen LogP contribution is 2.48. The molecule has 1 fully saturated rings. The van der Waals surface area contributed by atoms with Gasteiger partial charge in [0.25, 0.3) is 0 Å². The lowest BCUT2D eigenvalue weighted by Gasteiger charge is -2.23. The van der Waals surface area contributed by atoms with E-state index in [1.807, 2.05) is 18.2 Å². The van der Waals surface area contributed by atoms with Gasteiger partial charge >= 0.3 is 5.97 Å². The number of aliphatic carboxylic acids is 1. The van der Waals surface area contributed by atoms with E-state index in [1.54, 1.807) is 24.3 Å². The number of fused-ring (bicyclic) bond motifs is 2. The van der Waals surface area contributed by atoms with Gasteiger partial charge in [0.1, 0.15) is 11.8 Å². The van der Waals surface area contributed by atoms with Crippen molar-refractivity contribution in [1.29, 1.82) is 5.26 Å². The monoisotopic (exact) mass is 312 g/mol. The fraction of sp³-hybridized carbons (Fsp3) is 0.353. The molecule has 0 aliphatic heterocycles. The molecule has 0 heterocycles. The zero-order chi connectivity index (χ0) is 16.4. The standard InChI is InChI=1S/C17H16N2O4/c18-7-8-23-13-5-3-12(4-6-13)19-16(20)14-10-1-2-11(9-10)15(14)17(21)22/h1-6,10-11,14-15H,8-9H2,(H,19,20)(H,21,22)/t10-,11-,14-,15+/m0/s1. The van der Waals surface area contributed by atoms with Crippen LogP contribution in [0, 0.1) is 35.0 Å². The molecule has 0 spiro atoms. The maximum absolute atomic E-state index is 12.5. The summed E-state index contributed by atoms with van der Waals surface area (Å²) >= 11 is 0. The van der Waals surface area contributed by atoms with Crippen molar-refractivity contribution in [1.82, 2.24) is 0 Å². The van der Waals surface area contributed by atoms with E-state index in [9.17, 15) is 14.7 Å². The third-order valence-corrected chi connectivity index (χ3v) is 4.47. The fourth-order valence-corrected chi connectivity index (χ4v) is 3.49. The number of carbonyl (C=O) groups excluding carboxylic acids is 1. The van der Waals surface area contributed by atoms with Crippen LogP contribution in [0.3, 0.4) is 0 Å². The number of carboxylic acids is 1. The van der Waals surface area contributed by atoms with Gasteiger partial charge in [-0.2, -0.15) is 5.26 Å². The Morgan fingerprint density at radius 2 is 1.87 bits per heavy atom. The number of hydrogen-bond acceptors (Lipinski definition) is 4. The van der Waals surface area contributed by atoms with E-state index in [1.165, 1.54) is 0 Å². The highest BCUT2D eigenvalue weighted by Gasteiger charge is 2.51. The van der Waals surface area contributed by atoms with E-state index < -0.39 is 17.8 Å². The second-order valence-corrected chi connectivity index (χ2v) is 5.80. The Morgan fingerprint density at radius 1 is 1.22 bits per heavy atom. The molecule has 4 atom stereocenters. The number of ether oxygens (including phenoxy) is 1.